The van der Waals surface area contributed by atoms with Gasteiger partial charge in [-0.2, -0.15) is 4.39 Å². The second kappa shape index (κ2) is 3.76. The summed E-state index contributed by atoms with van der Waals surface area (Å²) in [5, 5.41) is 0. The molecule has 66 valence electrons. The Morgan fingerprint density at radius 3 is 2.67 bits per heavy atom. The Bertz CT molecular complexity index is 277. The number of alkyl halides is 3. The standard InChI is InChI=1S/C7H5ClF3N/c8-2-4-3-12-6(9)1-5(4)7(10)11/h1,3,7H,2H2. The Morgan fingerprint density at radius 1 is 1.50 bits per heavy atom. The highest BCUT2D eigenvalue weighted by Gasteiger charge is 2.13. The minimum Gasteiger partial charge on any atom is -0.228 e. The first-order valence-corrected chi connectivity index (χ1v) is 3.67. The van der Waals surface area contributed by atoms with Gasteiger partial charge in [0.05, 0.1) is 0 Å². The molecule has 0 unspecified atom stereocenters. The molecular formula is C7H5ClF3N. The summed E-state index contributed by atoms with van der Waals surface area (Å²) in [4.78, 5) is 3.21. The Balaban J connectivity index is 3.12. The number of hydrogen-bond donors (Lipinski definition) is 0. The van der Waals surface area contributed by atoms with E-state index in [0.29, 0.717) is 6.07 Å². The molecule has 0 aliphatic rings. The summed E-state index contributed by atoms with van der Waals surface area (Å²) in [6.07, 6.45) is -1.69. The highest BCUT2D eigenvalue weighted by atomic mass is 35.5. The molecule has 12 heavy (non-hydrogen) atoms. The highest BCUT2D eigenvalue weighted by Crippen LogP contribution is 2.23. The van der Waals surface area contributed by atoms with Crippen LogP contribution in [0.4, 0.5) is 13.2 Å². The van der Waals surface area contributed by atoms with Crippen LogP contribution in [0.15, 0.2) is 12.3 Å². The van der Waals surface area contributed by atoms with Gasteiger partial charge in [-0.25, -0.2) is 13.8 Å². The molecule has 0 saturated heterocycles. The van der Waals surface area contributed by atoms with Crippen LogP contribution in [-0.4, -0.2) is 4.98 Å². The van der Waals surface area contributed by atoms with Crippen LogP contribution in [0.3, 0.4) is 0 Å². The fraction of sp³-hybridized carbons (Fsp3) is 0.286. The van der Waals surface area contributed by atoms with Gasteiger partial charge in [-0.3, -0.25) is 0 Å². The molecule has 1 rings (SSSR count). The molecule has 0 aliphatic heterocycles. The molecule has 0 bridgehead atoms. The van der Waals surface area contributed by atoms with Crippen molar-refractivity contribution in [2.45, 2.75) is 12.3 Å². The molecule has 0 aliphatic carbocycles. The average molecular weight is 196 g/mol. The lowest BCUT2D eigenvalue weighted by Gasteiger charge is -2.04. The largest absolute Gasteiger partial charge is 0.264 e. The third-order valence-electron chi connectivity index (χ3n) is 1.37. The molecule has 1 heterocycles. The second-order valence-electron chi connectivity index (χ2n) is 2.14. The summed E-state index contributed by atoms with van der Waals surface area (Å²) >= 11 is 5.33. The van der Waals surface area contributed by atoms with E-state index in [2.05, 4.69) is 4.98 Å². The quantitative estimate of drug-likeness (QED) is 0.522. The Kier molecular flexibility index (Phi) is 2.92. The normalized spacial score (nSPS) is 10.8. The predicted octanol–water partition coefficient (Wildman–Crippen LogP) is 2.90. The summed E-state index contributed by atoms with van der Waals surface area (Å²) in [5.41, 5.74) is -0.231. The lowest BCUT2D eigenvalue weighted by molar-refractivity contribution is 0.150. The van der Waals surface area contributed by atoms with Crippen LogP contribution in [0.1, 0.15) is 17.6 Å². The van der Waals surface area contributed by atoms with E-state index in [1.54, 1.807) is 0 Å². The predicted molar refractivity (Wildman–Crippen MR) is 38.7 cm³/mol. The first kappa shape index (κ1) is 9.32. The minimum absolute atomic E-state index is 0.0903. The average Bonchev–Trinajstić information content (AvgIpc) is 2.04. The number of rotatable bonds is 2. The van der Waals surface area contributed by atoms with Gasteiger partial charge in [0.1, 0.15) is 0 Å². The van der Waals surface area contributed by atoms with Gasteiger partial charge in [0, 0.05) is 23.7 Å². The van der Waals surface area contributed by atoms with Crippen molar-refractivity contribution in [1.29, 1.82) is 0 Å². The van der Waals surface area contributed by atoms with Crippen LogP contribution in [0.5, 0.6) is 0 Å². The molecule has 1 aromatic heterocycles. The maximum absolute atomic E-state index is 12.4. The number of nitrogens with zero attached hydrogens (tertiary/aromatic N) is 1. The fourth-order valence-electron chi connectivity index (χ4n) is 0.787. The molecule has 0 amide bonds. The lowest BCUT2D eigenvalue weighted by atomic mass is 10.2. The van der Waals surface area contributed by atoms with Crippen LogP contribution in [0.25, 0.3) is 0 Å². The minimum atomic E-state index is -2.71. The van der Waals surface area contributed by atoms with E-state index >= 15 is 0 Å². The lowest BCUT2D eigenvalue weighted by Crippen LogP contribution is -1.95. The molecule has 0 fully saturated rings. The third kappa shape index (κ3) is 1.88. The van der Waals surface area contributed by atoms with Gasteiger partial charge in [0.15, 0.2) is 0 Å². The van der Waals surface area contributed by atoms with E-state index in [1.807, 2.05) is 0 Å². The van der Waals surface area contributed by atoms with Gasteiger partial charge in [-0.15, -0.1) is 11.6 Å². The molecular weight excluding hydrogens is 191 g/mol. The van der Waals surface area contributed by atoms with Gasteiger partial charge < -0.3 is 0 Å². The highest BCUT2D eigenvalue weighted by molar-refractivity contribution is 6.17. The summed E-state index contributed by atoms with van der Waals surface area (Å²) in [6, 6.07) is 0.697. The molecule has 5 heteroatoms. The van der Waals surface area contributed by atoms with Crippen molar-refractivity contribution in [3.8, 4) is 0 Å². The molecule has 0 saturated carbocycles. The monoisotopic (exact) mass is 195 g/mol. The summed E-state index contributed by atoms with van der Waals surface area (Å²) < 4.78 is 36.6. The zero-order valence-corrected chi connectivity index (χ0v) is 6.65. The van der Waals surface area contributed by atoms with Crippen LogP contribution >= 0.6 is 11.6 Å². The summed E-state index contributed by atoms with van der Waals surface area (Å²) in [5.74, 6) is -1.01. The number of pyridine rings is 1. The van der Waals surface area contributed by atoms with Gasteiger partial charge in [0.2, 0.25) is 5.95 Å². The number of halogens is 4. The van der Waals surface area contributed by atoms with Crippen molar-refractivity contribution in [3.63, 3.8) is 0 Å². The molecule has 1 aromatic rings. The maximum atomic E-state index is 12.4. The first-order chi connectivity index (χ1) is 5.65. The topological polar surface area (TPSA) is 12.9 Å². The van der Waals surface area contributed by atoms with Gasteiger partial charge in [0.25, 0.3) is 6.43 Å². The first-order valence-electron chi connectivity index (χ1n) is 3.13. The van der Waals surface area contributed by atoms with Gasteiger partial charge in [-0.1, -0.05) is 0 Å². The molecule has 0 aromatic carbocycles. The SMILES string of the molecule is Fc1cc(C(F)F)c(CCl)cn1. The van der Waals surface area contributed by atoms with Crippen LogP contribution in [0.2, 0.25) is 0 Å². The van der Waals surface area contributed by atoms with Crippen molar-refractivity contribution in [3.05, 3.63) is 29.3 Å². The Labute approximate surface area is 72.2 Å². The van der Waals surface area contributed by atoms with Crippen molar-refractivity contribution in [2.75, 3.05) is 0 Å². The smallest absolute Gasteiger partial charge is 0.228 e. The van der Waals surface area contributed by atoms with Gasteiger partial charge >= 0.3 is 0 Å². The zero-order valence-electron chi connectivity index (χ0n) is 5.90. The summed E-state index contributed by atoms with van der Waals surface area (Å²) in [6.45, 7) is 0. The number of aromatic nitrogens is 1. The number of hydrogen-bond acceptors (Lipinski definition) is 1. The molecule has 0 N–H and O–H groups in total. The Hall–Kier alpha value is -0.770. The summed E-state index contributed by atoms with van der Waals surface area (Å²) in [7, 11) is 0. The van der Waals surface area contributed by atoms with Crippen LogP contribution < -0.4 is 0 Å². The van der Waals surface area contributed by atoms with E-state index in [4.69, 9.17) is 11.6 Å². The van der Waals surface area contributed by atoms with Crippen molar-refractivity contribution < 1.29 is 13.2 Å². The molecule has 0 atom stereocenters. The molecule has 0 radical (unpaired) electrons. The van der Waals surface area contributed by atoms with Gasteiger partial charge in [-0.05, 0) is 5.56 Å². The van der Waals surface area contributed by atoms with Crippen molar-refractivity contribution in [2.24, 2.45) is 0 Å². The van der Waals surface area contributed by atoms with Crippen molar-refractivity contribution in [1.82, 2.24) is 4.98 Å². The van der Waals surface area contributed by atoms with E-state index in [1.165, 1.54) is 0 Å². The van der Waals surface area contributed by atoms with Crippen LogP contribution in [0, 0.1) is 5.95 Å². The Morgan fingerprint density at radius 2 is 2.17 bits per heavy atom. The third-order valence-corrected chi connectivity index (χ3v) is 1.66. The molecule has 0 spiro atoms. The molecule has 1 nitrogen and oxygen atoms in total. The zero-order chi connectivity index (χ0) is 9.14. The maximum Gasteiger partial charge on any atom is 0.264 e. The van der Waals surface area contributed by atoms with E-state index in [-0.39, 0.29) is 11.4 Å². The second-order valence-corrected chi connectivity index (χ2v) is 2.41. The van der Waals surface area contributed by atoms with Crippen LogP contribution in [-0.2, 0) is 5.88 Å². The van der Waals surface area contributed by atoms with Crippen molar-refractivity contribution >= 4 is 11.6 Å². The fourth-order valence-corrected chi connectivity index (χ4v) is 1.01. The van der Waals surface area contributed by atoms with E-state index in [0.717, 1.165) is 6.20 Å². The van der Waals surface area contributed by atoms with E-state index < -0.39 is 17.9 Å². The van der Waals surface area contributed by atoms with E-state index in [9.17, 15) is 13.2 Å².